The van der Waals surface area contributed by atoms with Gasteiger partial charge in [0.05, 0.1) is 9.50 Å². The Balaban J connectivity index is 1.68. The molecule has 3 aromatic rings. The topological polar surface area (TPSA) is 52.3 Å². The van der Waals surface area contributed by atoms with E-state index in [4.69, 9.17) is 21.3 Å². The quantitative estimate of drug-likeness (QED) is 0.538. The molecular weight excluding hydrogens is 448 g/mol. The SMILES string of the molecule is Clc1ccccc1C1=NCc2nnc(C3CCOCC3)n2-c2sc(Br)cc21. The third-order valence-electron chi connectivity index (χ3n) is 4.99. The highest BCUT2D eigenvalue weighted by Gasteiger charge is 2.29. The molecule has 1 aromatic carbocycles. The fourth-order valence-corrected chi connectivity index (χ4v) is 5.51. The summed E-state index contributed by atoms with van der Waals surface area (Å²) < 4.78 is 8.78. The zero-order valence-corrected chi connectivity index (χ0v) is 17.5. The lowest BCUT2D eigenvalue weighted by Gasteiger charge is -2.22. The smallest absolute Gasteiger partial charge is 0.160 e. The monoisotopic (exact) mass is 462 g/mol. The van der Waals surface area contributed by atoms with Crippen LogP contribution in [0.25, 0.3) is 5.00 Å². The van der Waals surface area contributed by atoms with Gasteiger partial charge in [0.25, 0.3) is 0 Å². The van der Waals surface area contributed by atoms with Gasteiger partial charge >= 0.3 is 0 Å². The van der Waals surface area contributed by atoms with Crippen LogP contribution in [0.1, 0.15) is 41.5 Å². The first-order valence-electron chi connectivity index (χ1n) is 8.83. The molecule has 0 spiro atoms. The van der Waals surface area contributed by atoms with Crippen molar-refractivity contribution in [3.05, 3.63) is 61.9 Å². The van der Waals surface area contributed by atoms with E-state index in [1.165, 1.54) is 0 Å². The highest BCUT2D eigenvalue weighted by atomic mass is 79.9. The highest BCUT2D eigenvalue weighted by Crippen LogP contribution is 2.38. The van der Waals surface area contributed by atoms with E-state index in [2.05, 4.69) is 36.8 Å². The van der Waals surface area contributed by atoms with Crippen LogP contribution in [0.5, 0.6) is 0 Å². The molecule has 0 unspecified atom stereocenters. The van der Waals surface area contributed by atoms with Crippen molar-refractivity contribution < 1.29 is 4.74 Å². The Morgan fingerprint density at radius 3 is 2.78 bits per heavy atom. The van der Waals surface area contributed by atoms with Gasteiger partial charge in [0.15, 0.2) is 5.82 Å². The minimum absolute atomic E-state index is 0.357. The molecule has 27 heavy (non-hydrogen) atoms. The molecular formula is C19H16BrClN4OS. The predicted octanol–water partition coefficient (Wildman–Crippen LogP) is 4.99. The number of rotatable bonds is 2. The zero-order valence-electron chi connectivity index (χ0n) is 14.4. The second-order valence-electron chi connectivity index (χ2n) is 6.61. The van der Waals surface area contributed by atoms with E-state index < -0.39 is 0 Å². The van der Waals surface area contributed by atoms with Crippen molar-refractivity contribution in [3.8, 4) is 5.00 Å². The molecule has 2 aliphatic heterocycles. The standard InChI is InChI=1S/C19H16BrClN4OS/c20-15-9-13-17(12-3-1-2-4-14(12)21)22-10-16-23-24-18(25(16)19(13)27-15)11-5-7-26-8-6-11/h1-4,9,11H,5-8,10H2. The Morgan fingerprint density at radius 2 is 1.96 bits per heavy atom. The fourth-order valence-electron chi connectivity index (χ4n) is 3.68. The van der Waals surface area contributed by atoms with Crippen LogP contribution in [0.4, 0.5) is 0 Å². The summed E-state index contributed by atoms with van der Waals surface area (Å²) in [6, 6.07) is 9.96. The average Bonchev–Trinajstić information content (AvgIpc) is 3.24. The minimum Gasteiger partial charge on any atom is -0.381 e. The molecule has 0 aliphatic carbocycles. The average molecular weight is 464 g/mol. The lowest BCUT2D eigenvalue weighted by Crippen LogP contribution is -2.18. The van der Waals surface area contributed by atoms with Gasteiger partial charge in [-0.05, 0) is 40.9 Å². The van der Waals surface area contributed by atoms with Crippen molar-refractivity contribution in [3.63, 3.8) is 0 Å². The minimum atomic E-state index is 0.357. The van der Waals surface area contributed by atoms with Crippen LogP contribution in [-0.4, -0.2) is 33.7 Å². The summed E-state index contributed by atoms with van der Waals surface area (Å²) in [6.45, 7) is 2.03. The van der Waals surface area contributed by atoms with Crippen LogP contribution >= 0.6 is 38.9 Å². The van der Waals surface area contributed by atoms with Crippen molar-refractivity contribution in [1.29, 1.82) is 0 Å². The van der Waals surface area contributed by atoms with Crippen LogP contribution in [0.15, 0.2) is 39.1 Å². The molecule has 1 fully saturated rings. The number of hydrogen-bond donors (Lipinski definition) is 0. The third-order valence-corrected chi connectivity index (χ3v) is 6.94. The summed E-state index contributed by atoms with van der Waals surface area (Å²) in [5, 5.41) is 10.8. The lowest BCUT2D eigenvalue weighted by atomic mass is 9.99. The molecule has 138 valence electrons. The Kier molecular flexibility index (Phi) is 4.63. The molecule has 2 aromatic heterocycles. The van der Waals surface area contributed by atoms with E-state index in [0.717, 1.165) is 63.3 Å². The van der Waals surface area contributed by atoms with Crippen molar-refractivity contribution in [2.75, 3.05) is 13.2 Å². The normalized spacial score (nSPS) is 17.2. The van der Waals surface area contributed by atoms with Gasteiger partial charge in [-0.1, -0.05) is 29.8 Å². The molecule has 5 nitrogen and oxygen atoms in total. The number of aromatic nitrogens is 3. The Bertz CT molecular complexity index is 1040. The number of benzene rings is 1. The van der Waals surface area contributed by atoms with Gasteiger partial charge in [0, 0.05) is 35.3 Å². The zero-order chi connectivity index (χ0) is 18.4. The van der Waals surface area contributed by atoms with Crippen LogP contribution in [0, 0.1) is 0 Å². The van der Waals surface area contributed by atoms with Crippen LogP contribution in [0.2, 0.25) is 5.02 Å². The van der Waals surface area contributed by atoms with Crippen molar-refractivity contribution in [2.24, 2.45) is 4.99 Å². The fraction of sp³-hybridized carbons (Fsp3) is 0.316. The molecule has 1 saturated heterocycles. The first-order valence-corrected chi connectivity index (χ1v) is 10.8. The summed E-state index contributed by atoms with van der Waals surface area (Å²) >= 11 is 11.8. The van der Waals surface area contributed by atoms with E-state index >= 15 is 0 Å². The summed E-state index contributed by atoms with van der Waals surface area (Å²) in [6.07, 6.45) is 1.94. The number of nitrogens with zero attached hydrogens (tertiary/aromatic N) is 4. The summed E-state index contributed by atoms with van der Waals surface area (Å²) in [4.78, 5) is 4.88. The maximum Gasteiger partial charge on any atom is 0.160 e. The molecule has 5 rings (SSSR count). The molecule has 0 atom stereocenters. The Hall–Kier alpha value is -1.54. The van der Waals surface area contributed by atoms with E-state index in [9.17, 15) is 0 Å². The number of thiophene rings is 1. The Labute approximate surface area is 174 Å². The van der Waals surface area contributed by atoms with Crippen molar-refractivity contribution in [2.45, 2.75) is 25.3 Å². The molecule has 0 bridgehead atoms. The number of ether oxygens (including phenoxy) is 1. The van der Waals surface area contributed by atoms with E-state index in [0.29, 0.717) is 17.5 Å². The highest BCUT2D eigenvalue weighted by molar-refractivity contribution is 9.11. The first kappa shape index (κ1) is 17.6. The number of fused-ring (bicyclic) bond motifs is 3. The molecule has 2 aliphatic rings. The third kappa shape index (κ3) is 3.06. The summed E-state index contributed by atoms with van der Waals surface area (Å²) in [5.74, 6) is 2.24. The van der Waals surface area contributed by atoms with Gasteiger partial charge in [-0.2, -0.15) is 0 Å². The van der Waals surface area contributed by atoms with Gasteiger partial charge in [0.1, 0.15) is 17.4 Å². The number of hydrogen-bond acceptors (Lipinski definition) is 5. The van der Waals surface area contributed by atoms with Crippen molar-refractivity contribution >= 4 is 44.6 Å². The number of halogens is 2. The van der Waals surface area contributed by atoms with E-state index in [1.54, 1.807) is 11.3 Å². The molecule has 0 N–H and O–H groups in total. The molecule has 8 heteroatoms. The largest absolute Gasteiger partial charge is 0.381 e. The molecule has 0 saturated carbocycles. The maximum atomic E-state index is 6.48. The lowest BCUT2D eigenvalue weighted by molar-refractivity contribution is 0.0832. The second-order valence-corrected chi connectivity index (χ2v) is 9.43. The van der Waals surface area contributed by atoms with Crippen LogP contribution in [0.3, 0.4) is 0 Å². The second kappa shape index (κ2) is 7.13. The molecule has 0 amide bonds. The van der Waals surface area contributed by atoms with Gasteiger partial charge in [-0.25, -0.2) is 0 Å². The summed E-state index contributed by atoms with van der Waals surface area (Å²) in [7, 11) is 0. The molecule has 0 radical (unpaired) electrons. The number of aliphatic imine (C=N–C) groups is 1. The van der Waals surface area contributed by atoms with Crippen molar-refractivity contribution in [1.82, 2.24) is 14.8 Å². The van der Waals surface area contributed by atoms with Gasteiger partial charge < -0.3 is 4.74 Å². The predicted molar refractivity (Wildman–Crippen MR) is 111 cm³/mol. The maximum absolute atomic E-state index is 6.48. The van der Waals surface area contributed by atoms with E-state index in [-0.39, 0.29) is 0 Å². The van der Waals surface area contributed by atoms with Crippen LogP contribution in [-0.2, 0) is 11.3 Å². The van der Waals surface area contributed by atoms with Gasteiger partial charge in [-0.15, -0.1) is 21.5 Å². The van der Waals surface area contributed by atoms with Gasteiger partial charge in [-0.3, -0.25) is 9.56 Å². The molecule has 4 heterocycles. The summed E-state index contributed by atoms with van der Waals surface area (Å²) in [5.41, 5.74) is 2.91. The van der Waals surface area contributed by atoms with Crippen LogP contribution < -0.4 is 0 Å². The first-order chi connectivity index (χ1) is 13.2. The van der Waals surface area contributed by atoms with Gasteiger partial charge in [0.2, 0.25) is 0 Å². The van der Waals surface area contributed by atoms with E-state index in [1.807, 2.05) is 24.3 Å². The Morgan fingerprint density at radius 1 is 1.15 bits per heavy atom.